The zero-order chi connectivity index (χ0) is 12.1. The summed E-state index contributed by atoms with van der Waals surface area (Å²) < 4.78 is 10.4. The molecule has 0 saturated heterocycles. The van der Waals surface area contributed by atoms with Gasteiger partial charge in [0.2, 0.25) is 0 Å². The summed E-state index contributed by atoms with van der Waals surface area (Å²) in [7, 11) is 4.87. The fourth-order valence-electron chi connectivity index (χ4n) is 1.59. The van der Waals surface area contributed by atoms with Crippen molar-refractivity contribution in [1.29, 1.82) is 0 Å². The lowest BCUT2D eigenvalue weighted by atomic mass is 10.0. The summed E-state index contributed by atoms with van der Waals surface area (Å²) in [6.07, 6.45) is 0. The molecular formula is C12H17NO3. The molecule has 0 saturated carbocycles. The molecule has 0 atom stereocenters. The third kappa shape index (κ3) is 2.52. The quantitative estimate of drug-likeness (QED) is 0.767. The number of Topliss-reactive ketones (excluding diaryl/α,β-unsaturated/α-hetero) is 1. The molecule has 1 rings (SSSR count). The van der Waals surface area contributed by atoms with Gasteiger partial charge in [0.25, 0.3) is 0 Å². The number of hydrogen-bond acceptors (Lipinski definition) is 4. The highest BCUT2D eigenvalue weighted by molar-refractivity contribution is 6.00. The number of ketones is 1. The number of aryl methyl sites for hydroxylation is 1. The van der Waals surface area contributed by atoms with Crippen LogP contribution >= 0.6 is 0 Å². The first-order valence-electron chi connectivity index (χ1n) is 5.04. The van der Waals surface area contributed by atoms with E-state index in [2.05, 4.69) is 5.32 Å². The lowest BCUT2D eigenvalue weighted by molar-refractivity contribution is 0.0990. The summed E-state index contributed by atoms with van der Waals surface area (Å²) in [5.74, 6) is 1.26. The van der Waals surface area contributed by atoms with Crippen molar-refractivity contribution in [1.82, 2.24) is 5.32 Å². The highest BCUT2D eigenvalue weighted by Crippen LogP contribution is 2.28. The molecule has 0 aromatic heterocycles. The van der Waals surface area contributed by atoms with E-state index in [1.54, 1.807) is 27.3 Å². The molecule has 0 aliphatic rings. The number of likely N-dealkylation sites (N-methyl/N-ethyl adjacent to an activating group) is 1. The smallest absolute Gasteiger partial charge is 0.180 e. The Morgan fingerprint density at radius 1 is 1.31 bits per heavy atom. The third-order valence-corrected chi connectivity index (χ3v) is 2.33. The van der Waals surface area contributed by atoms with Crippen LogP contribution < -0.4 is 14.8 Å². The van der Waals surface area contributed by atoms with Crippen LogP contribution in [-0.4, -0.2) is 33.6 Å². The van der Waals surface area contributed by atoms with Crippen LogP contribution in [0.2, 0.25) is 0 Å². The fraction of sp³-hybridized carbons (Fsp3) is 0.417. The van der Waals surface area contributed by atoms with Crippen molar-refractivity contribution in [3.63, 3.8) is 0 Å². The molecule has 0 amide bonds. The summed E-state index contributed by atoms with van der Waals surface area (Å²) in [4.78, 5) is 11.8. The van der Waals surface area contributed by atoms with Crippen LogP contribution in [-0.2, 0) is 0 Å². The van der Waals surface area contributed by atoms with E-state index >= 15 is 0 Å². The number of ether oxygens (including phenoxy) is 2. The minimum atomic E-state index is -0.0126. The van der Waals surface area contributed by atoms with Crippen molar-refractivity contribution in [3.8, 4) is 11.5 Å². The van der Waals surface area contributed by atoms with Crippen LogP contribution in [0.3, 0.4) is 0 Å². The van der Waals surface area contributed by atoms with Gasteiger partial charge in [-0.1, -0.05) is 0 Å². The Kier molecular flexibility index (Phi) is 4.31. The molecule has 0 radical (unpaired) electrons. The summed E-state index contributed by atoms with van der Waals surface area (Å²) in [5, 5.41) is 2.83. The van der Waals surface area contributed by atoms with Crippen LogP contribution in [0.25, 0.3) is 0 Å². The standard InChI is InChI=1S/C12H17NO3/c1-8-5-9(15-3)6-10(12(8)16-4)11(14)7-13-2/h5-6,13H,7H2,1-4H3. The van der Waals surface area contributed by atoms with Gasteiger partial charge in [-0.05, 0) is 31.7 Å². The van der Waals surface area contributed by atoms with E-state index in [0.29, 0.717) is 17.1 Å². The topological polar surface area (TPSA) is 47.6 Å². The number of carbonyl (C=O) groups is 1. The molecule has 0 aliphatic carbocycles. The summed E-state index contributed by atoms with van der Waals surface area (Å²) in [6, 6.07) is 3.54. The minimum absolute atomic E-state index is 0.0126. The predicted octanol–water partition coefficient (Wildman–Crippen LogP) is 1.41. The van der Waals surface area contributed by atoms with Crippen LogP contribution in [0.5, 0.6) is 11.5 Å². The first-order valence-corrected chi connectivity index (χ1v) is 5.04. The highest BCUT2D eigenvalue weighted by Gasteiger charge is 2.15. The van der Waals surface area contributed by atoms with Gasteiger partial charge in [0, 0.05) is 0 Å². The van der Waals surface area contributed by atoms with Gasteiger partial charge in [0.05, 0.1) is 26.3 Å². The molecule has 16 heavy (non-hydrogen) atoms. The van der Waals surface area contributed by atoms with Gasteiger partial charge in [-0.3, -0.25) is 4.79 Å². The molecule has 1 N–H and O–H groups in total. The van der Waals surface area contributed by atoms with E-state index in [4.69, 9.17) is 9.47 Å². The van der Waals surface area contributed by atoms with Crippen molar-refractivity contribution in [2.24, 2.45) is 0 Å². The molecule has 0 unspecified atom stereocenters. The SMILES string of the molecule is CNCC(=O)c1cc(OC)cc(C)c1OC. The van der Waals surface area contributed by atoms with Crippen molar-refractivity contribution >= 4 is 5.78 Å². The van der Waals surface area contributed by atoms with E-state index in [1.807, 2.05) is 13.0 Å². The van der Waals surface area contributed by atoms with Gasteiger partial charge in [0.1, 0.15) is 11.5 Å². The molecule has 0 bridgehead atoms. The Hall–Kier alpha value is -1.55. The Morgan fingerprint density at radius 3 is 2.50 bits per heavy atom. The zero-order valence-corrected chi connectivity index (χ0v) is 10.1. The second-order valence-corrected chi connectivity index (χ2v) is 3.48. The maximum atomic E-state index is 11.8. The molecule has 0 spiro atoms. The van der Waals surface area contributed by atoms with Crippen molar-refractivity contribution in [3.05, 3.63) is 23.3 Å². The number of methoxy groups -OCH3 is 2. The highest BCUT2D eigenvalue weighted by atomic mass is 16.5. The van der Waals surface area contributed by atoms with Crippen LogP contribution in [0.4, 0.5) is 0 Å². The molecule has 4 nitrogen and oxygen atoms in total. The second-order valence-electron chi connectivity index (χ2n) is 3.48. The van der Waals surface area contributed by atoms with Crippen LogP contribution in [0.1, 0.15) is 15.9 Å². The van der Waals surface area contributed by atoms with Crippen molar-refractivity contribution in [2.75, 3.05) is 27.8 Å². The molecule has 88 valence electrons. The van der Waals surface area contributed by atoms with Crippen LogP contribution in [0, 0.1) is 6.92 Å². The number of carbonyl (C=O) groups excluding carboxylic acids is 1. The average molecular weight is 223 g/mol. The Bertz CT molecular complexity index is 388. The molecule has 0 aliphatic heterocycles. The van der Waals surface area contributed by atoms with Crippen molar-refractivity contribution in [2.45, 2.75) is 6.92 Å². The third-order valence-electron chi connectivity index (χ3n) is 2.33. The lowest BCUT2D eigenvalue weighted by Gasteiger charge is -2.12. The molecular weight excluding hydrogens is 206 g/mol. The molecule has 4 heteroatoms. The number of nitrogens with one attached hydrogen (secondary N) is 1. The average Bonchev–Trinajstić information content (AvgIpc) is 2.28. The van der Waals surface area contributed by atoms with E-state index in [-0.39, 0.29) is 12.3 Å². The normalized spacial score (nSPS) is 10.0. The van der Waals surface area contributed by atoms with Crippen LogP contribution in [0.15, 0.2) is 12.1 Å². The Balaban J connectivity index is 3.22. The molecule has 1 aromatic carbocycles. The Labute approximate surface area is 95.6 Å². The number of rotatable bonds is 5. The minimum Gasteiger partial charge on any atom is -0.497 e. The predicted molar refractivity (Wildman–Crippen MR) is 62.5 cm³/mol. The van der Waals surface area contributed by atoms with Crippen molar-refractivity contribution < 1.29 is 14.3 Å². The summed E-state index contributed by atoms with van der Waals surface area (Å²) in [5.41, 5.74) is 1.44. The van der Waals surface area contributed by atoms with E-state index in [9.17, 15) is 4.79 Å². The van der Waals surface area contributed by atoms with Gasteiger partial charge < -0.3 is 14.8 Å². The van der Waals surface area contributed by atoms with E-state index in [0.717, 1.165) is 5.56 Å². The maximum Gasteiger partial charge on any atom is 0.180 e. The summed E-state index contributed by atoms with van der Waals surface area (Å²) >= 11 is 0. The van der Waals surface area contributed by atoms with Gasteiger partial charge in [0.15, 0.2) is 5.78 Å². The lowest BCUT2D eigenvalue weighted by Crippen LogP contribution is -2.19. The first kappa shape index (κ1) is 12.5. The van der Waals surface area contributed by atoms with Gasteiger partial charge in [-0.2, -0.15) is 0 Å². The first-order chi connectivity index (χ1) is 7.63. The van der Waals surface area contributed by atoms with Gasteiger partial charge in [-0.15, -0.1) is 0 Å². The monoisotopic (exact) mass is 223 g/mol. The second kappa shape index (κ2) is 5.51. The number of hydrogen-bond donors (Lipinski definition) is 1. The fourth-order valence-corrected chi connectivity index (χ4v) is 1.59. The molecule has 0 fully saturated rings. The maximum absolute atomic E-state index is 11.8. The molecule has 1 aromatic rings. The summed E-state index contributed by atoms with van der Waals surface area (Å²) in [6.45, 7) is 2.17. The van der Waals surface area contributed by atoms with Gasteiger partial charge >= 0.3 is 0 Å². The zero-order valence-electron chi connectivity index (χ0n) is 10.1. The largest absolute Gasteiger partial charge is 0.497 e. The van der Waals surface area contributed by atoms with Gasteiger partial charge in [-0.25, -0.2) is 0 Å². The Morgan fingerprint density at radius 2 is 2.00 bits per heavy atom. The van der Waals surface area contributed by atoms with E-state index < -0.39 is 0 Å². The number of benzene rings is 1. The molecule has 0 heterocycles. The van der Waals surface area contributed by atoms with E-state index in [1.165, 1.54) is 0 Å².